The summed E-state index contributed by atoms with van der Waals surface area (Å²) in [7, 11) is 0. The first-order chi connectivity index (χ1) is 7.68. The third-order valence-electron chi connectivity index (χ3n) is 2.31. The van der Waals surface area contributed by atoms with Crippen LogP contribution in [0.3, 0.4) is 0 Å². The van der Waals surface area contributed by atoms with Gasteiger partial charge in [0.05, 0.1) is 4.92 Å². The molecule has 16 heavy (non-hydrogen) atoms. The van der Waals surface area contributed by atoms with Gasteiger partial charge in [-0.25, -0.2) is 0 Å². The van der Waals surface area contributed by atoms with Gasteiger partial charge in [-0.15, -0.1) is 0 Å². The number of nitro groups is 1. The van der Waals surface area contributed by atoms with Gasteiger partial charge in [0, 0.05) is 11.6 Å². The molecule has 0 aliphatic carbocycles. The first-order valence-corrected chi connectivity index (χ1v) is 4.71. The molecule has 0 heterocycles. The van der Waals surface area contributed by atoms with Gasteiger partial charge in [0.2, 0.25) is 6.20 Å². The topological polar surface area (TPSA) is 63.4 Å². The number of phenols is 1. The van der Waals surface area contributed by atoms with Crippen LogP contribution < -0.4 is 0 Å². The van der Waals surface area contributed by atoms with Crippen LogP contribution in [0.4, 0.5) is 0 Å². The van der Waals surface area contributed by atoms with Crippen molar-refractivity contribution in [3.63, 3.8) is 0 Å². The molecule has 0 radical (unpaired) electrons. The molecule has 0 fully saturated rings. The van der Waals surface area contributed by atoms with Crippen LogP contribution in [0.15, 0.2) is 42.6 Å². The van der Waals surface area contributed by atoms with Crippen LogP contribution >= 0.6 is 0 Å². The average Bonchev–Trinajstić information content (AvgIpc) is 2.27. The fourth-order valence-corrected chi connectivity index (χ4v) is 1.59. The lowest BCUT2D eigenvalue weighted by Crippen LogP contribution is -1.84. The number of hydrogen-bond acceptors (Lipinski definition) is 3. The lowest BCUT2D eigenvalue weighted by atomic mass is 10.0. The molecule has 0 aliphatic heterocycles. The molecule has 0 saturated carbocycles. The number of phenolic OH excluding ortho intramolecular Hbond substituents is 1. The van der Waals surface area contributed by atoms with Gasteiger partial charge >= 0.3 is 0 Å². The van der Waals surface area contributed by atoms with E-state index in [1.54, 1.807) is 6.07 Å². The fraction of sp³-hybridized carbons (Fsp3) is 0. The van der Waals surface area contributed by atoms with Crippen LogP contribution in [-0.4, -0.2) is 10.0 Å². The van der Waals surface area contributed by atoms with Crippen LogP contribution in [0.25, 0.3) is 16.8 Å². The minimum atomic E-state index is -0.554. The highest BCUT2D eigenvalue weighted by molar-refractivity contribution is 5.92. The van der Waals surface area contributed by atoms with Gasteiger partial charge < -0.3 is 5.11 Å². The van der Waals surface area contributed by atoms with Crippen LogP contribution in [-0.2, 0) is 0 Å². The van der Waals surface area contributed by atoms with Crippen molar-refractivity contribution in [3.8, 4) is 5.75 Å². The first-order valence-electron chi connectivity index (χ1n) is 4.71. The lowest BCUT2D eigenvalue weighted by molar-refractivity contribution is -0.400. The van der Waals surface area contributed by atoms with E-state index in [4.69, 9.17) is 0 Å². The Morgan fingerprint density at radius 1 is 1.19 bits per heavy atom. The minimum absolute atomic E-state index is 0.0387. The van der Waals surface area contributed by atoms with Gasteiger partial charge in [-0.1, -0.05) is 30.3 Å². The fourth-order valence-electron chi connectivity index (χ4n) is 1.59. The summed E-state index contributed by atoms with van der Waals surface area (Å²) < 4.78 is 0. The summed E-state index contributed by atoms with van der Waals surface area (Å²) >= 11 is 0. The molecule has 2 rings (SSSR count). The largest absolute Gasteiger partial charge is 0.507 e. The molecule has 0 aliphatic rings. The second-order valence-electron chi connectivity index (χ2n) is 3.32. The van der Waals surface area contributed by atoms with E-state index in [9.17, 15) is 15.2 Å². The minimum Gasteiger partial charge on any atom is -0.507 e. The van der Waals surface area contributed by atoms with Crippen molar-refractivity contribution in [1.29, 1.82) is 0 Å². The summed E-state index contributed by atoms with van der Waals surface area (Å²) in [5, 5.41) is 21.6. The van der Waals surface area contributed by atoms with E-state index in [0.29, 0.717) is 5.56 Å². The zero-order chi connectivity index (χ0) is 11.5. The predicted molar refractivity (Wildman–Crippen MR) is 61.6 cm³/mol. The Morgan fingerprint density at radius 3 is 2.69 bits per heavy atom. The number of rotatable bonds is 2. The van der Waals surface area contributed by atoms with E-state index in [1.165, 1.54) is 12.1 Å². The summed E-state index contributed by atoms with van der Waals surface area (Å²) in [5.41, 5.74) is 0.467. The Hall–Kier alpha value is -2.36. The molecule has 0 aromatic heterocycles. The molecular formula is C12H9NO3. The molecule has 0 unspecified atom stereocenters. The first kappa shape index (κ1) is 10.2. The summed E-state index contributed by atoms with van der Waals surface area (Å²) in [6, 6.07) is 10.7. The highest BCUT2D eigenvalue weighted by Gasteiger charge is 2.04. The molecular weight excluding hydrogens is 206 g/mol. The Kier molecular flexibility index (Phi) is 2.55. The molecule has 0 bridgehead atoms. The molecule has 0 spiro atoms. The van der Waals surface area contributed by atoms with E-state index in [-0.39, 0.29) is 5.75 Å². The van der Waals surface area contributed by atoms with Crippen LogP contribution in [0, 0.1) is 10.1 Å². The van der Waals surface area contributed by atoms with Crippen LogP contribution in [0.2, 0.25) is 0 Å². The number of aromatic hydroxyl groups is 1. The van der Waals surface area contributed by atoms with Crippen molar-refractivity contribution < 1.29 is 10.0 Å². The van der Waals surface area contributed by atoms with Gasteiger partial charge in [0.25, 0.3) is 0 Å². The summed E-state index contributed by atoms with van der Waals surface area (Å²) in [4.78, 5) is 9.70. The zero-order valence-electron chi connectivity index (χ0n) is 8.33. The number of fused-ring (bicyclic) bond motifs is 1. The van der Waals surface area contributed by atoms with Crippen molar-refractivity contribution in [1.82, 2.24) is 0 Å². The smallest absolute Gasteiger partial charge is 0.235 e. The Balaban J connectivity index is 2.66. The van der Waals surface area contributed by atoms with E-state index >= 15 is 0 Å². The van der Waals surface area contributed by atoms with E-state index in [0.717, 1.165) is 17.0 Å². The molecule has 4 nitrogen and oxygen atoms in total. The number of nitrogens with zero attached hydrogens (tertiary/aromatic N) is 1. The zero-order valence-corrected chi connectivity index (χ0v) is 8.33. The Labute approximate surface area is 91.6 Å². The Morgan fingerprint density at radius 2 is 1.94 bits per heavy atom. The van der Waals surface area contributed by atoms with Crippen molar-refractivity contribution in [2.45, 2.75) is 0 Å². The average molecular weight is 215 g/mol. The predicted octanol–water partition coefficient (Wildman–Crippen LogP) is 2.79. The maximum atomic E-state index is 10.3. The van der Waals surface area contributed by atoms with Crippen molar-refractivity contribution in [2.75, 3.05) is 0 Å². The SMILES string of the molecule is O=[N+]([O-])/C=C/c1c(O)ccc2ccccc12. The monoisotopic (exact) mass is 215 g/mol. The molecule has 80 valence electrons. The quantitative estimate of drug-likeness (QED) is 0.618. The van der Waals surface area contributed by atoms with E-state index < -0.39 is 4.92 Å². The molecule has 1 N–H and O–H groups in total. The molecule has 0 saturated heterocycles. The van der Waals surface area contributed by atoms with Gasteiger partial charge in [-0.2, -0.15) is 0 Å². The molecule has 0 atom stereocenters. The normalized spacial score (nSPS) is 11.0. The summed E-state index contributed by atoms with van der Waals surface area (Å²) in [6.45, 7) is 0. The summed E-state index contributed by atoms with van der Waals surface area (Å²) in [6.07, 6.45) is 2.12. The Bertz CT molecular complexity index is 575. The van der Waals surface area contributed by atoms with Gasteiger partial charge in [0.1, 0.15) is 5.75 Å². The third kappa shape index (κ3) is 1.86. The number of hydrogen-bond donors (Lipinski definition) is 1. The van der Waals surface area contributed by atoms with E-state index in [2.05, 4.69) is 0 Å². The third-order valence-corrected chi connectivity index (χ3v) is 2.31. The summed E-state index contributed by atoms with van der Waals surface area (Å²) in [5.74, 6) is 0.0387. The molecule has 4 heteroatoms. The van der Waals surface area contributed by atoms with E-state index in [1.807, 2.05) is 24.3 Å². The number of benzene rings is 2. The second kappa shape index (κ2) is 4.02. The highest BCUT2D eigenvalue weighted by atomic mass is 16.6. The molecule has 0 amide bonds. The highest BCUT2D eigenvalue weighted by Crippen LogP contribution is 2.28. The maximum Gasteiger partial charge on any atom is 0.235 e. The standard InChI is InChI=1S/C12H9NO3/c14-12-6-5-9-3-1-2-4-10(9)11(12)7-8-13(15)16/h1-8,14H/b8-7+. The van der Waals surface area contributed by atoms with Gasteiger partial charge in [-0.05, 0) is 16.8 Å². The van der Waals surface area contributed by atoms with Crippen molar-refractivity contribution >= 4 is 16.8 Å². The van der Waals surface area contributed by atoms with Crippen LogP contribution in [0.5, 0.6) is 5.75 Å². The second-order valence-corrected chi connectivity index (χ2v) is 3.32. The van der Waals surface area contributed by atoms with Gasteiger partial charge in [0.15, 0.2) is 0 Å². The van der Waals surface area contributed by atoms with Crippen molar-refractivity contribution in [3.05, 3.63) is 58.3 Å². The lowest BCUT2D eigenvalue weighted by Gasteiger charge is -2.03. The molecule has 2 aromatic carbocycles. The van der Waals surface area contributed by atoms with Crippen molar-refractivity contribution in [2.24, 2.45) is 0 Å². The van der Waals surface area contributed by atoms with Gasteiger partial charge in [-0.3, -0.25) is 10.1 Å². The maximum absolute atomic E-state index is 10.3. The molecule has 2 aromatic rings. The van der Waals surface area contributed by atoms with Crippen LogP contribution in [0.1, 0.15) is 5.56 Å².